The minimum absolute atomic E-state index is 0.690. The number of thiophene rings is 1. The fourth-order valence-corrected chi connectivity index (χ4v) is 3.02. The number of thiazole rings is 1. The first kappa shape index (κ1) is 11.8. The zero-order chi connectivity index (χ0) is 11.4. The van der Waals surface area contributed by atoms with Gasteiger partial charge in [0, 0.05) is 11.9 Å². The first-order valence-corrected chi connectivity index (χ1v) is 7.20. The van der Waals surface area contributed by atoms with Crippen LogP contribution < -0.4 is 5.32 Å². The van der Waals surface area contributed by atoms with E-state index in [4.69, 9.17) is 0 Å². The van der Waals surface area contributed by atoms with Gasteiger partial charge in [-0.2, -0.15) is 0 Å². The first-order valence-electron chi connectivity index (χ1n) is 5.44. The summed E-state index contributed by atoms with van der Waals surface area (Å²) in [4.78, 5) is 5.88. The molecule has 0 bridgehead atoms. The van der Waals surface area contributed by atoms with Gasteiger partial charge in [0.2, 0.25) is 0 Å². The van der Waals surface area contributed by atoms with Crippen LogP contribution in [0.15, 0.2) is 22.9 Å². The van der Waals surface area contributed by atoms with Gasteiger partial charge in [0.05, 0.1) is 10.6 Å². The van der Waals surface area contributed by atoms with Crippen molar-refractivity contribution in [3.8, 4) is 9.88 Å². The summed E-state index contributed by atoms with van der Waals surface area (Å²) < 4.78 is 0. The van der Waals surface area contributed by atoms with Crippen molar-refractivity contribution in [2.45, 2.75) is 20.4 Å². The maximum Gasteiger partial charge on any atom is 0.133 e. The van der Waals surface area contributed by atoms with Gasteiger partial charge in [0.25, 0.3) is 0 Å². The molecule has 2 rings (SSSR count). The van der Waals surface area contributed by atoms with E-state index < -0.39 is 0 Å². The molecule has 0 aliphatic heterocycles. The lowest BCUT2D eigenvalue weighted by molar-refractivity contribution is 0.549. The Labute approximate surface area is 104 Å². The smallest absolute Gasteiger partial charge is 0.133 e. The lowest BCUT2D eigenvalue weighted by Crippen LogP contribution is -2.19. The van der Waals surface area contributed by atoms with E-state index in [1.165, 1.54) is 4.88 Å². The van der Waals surface area contributed by atoms with Gasteiger partial charge in [-0.1, -0.05) is 19.9 Å². The van der Waals surface area contributed by atoms with Crippen molar-refractivity contribution in [3.05, 3.63) is 28.6 Å². The average Bonchev–Trinajstić information content (AvgIpc) is 2.85. The second-order valence-electron chi connectivity index (χ2n) is 4.15. The van der Waals surface area contributed by atoms with Gasteiger partial charge in [-0.15, -0.1) is 22.7 Å². The Morgan fingerprint density at radius 3 is 2.94 bits per heavy atom. The molecular formula is C12H16N2S2. The molecule has 0 amide bonds. The van der Waals surface area contributed by atoms with Crippen molar-refractivity contribution in [3.63, 3.8) is 0 Å². The van der Waals surface area contributed by atoms with Crippen molar-refractivity contribution >= 4 is 22.7 Å². The molecule has 0 unspecified atom stereocenters. The Balaban J connectivity index is 1.93. The first-order chi connectivity index (χ1) is 7.75. The Morgan fingerprint density at radius 2 is 2.25 bits per heavy atom. The molecule has 0 fully saturated rings. The second-order valence-corrected chi connectivity index (χ2v) is 5.95. The topological polar surface area (TPSA) is 24.9 Å². The molecule has 0 atom stereocenters. The van der Waals surface area contributed by atoms with E-state index >= 15 is 0 Å². The Morgan fingerprint density at radius 1 is 1.38 bits per heavy atom. The highest BCUT2D eigenvalue weighted by Crippen LogP contribution is 2.27. The Hall–Kier alpha value is -0.710. The van der Waals surface area contributed by atoms with E-state index in [-0.39, 0.29) is 0 Å². The monoisotopic (exact) mass is 252 g/mol. The van der Waals surface area contributed by atoms with Crippen molar-refractivity contribution in [1.29, 1.82) is 0 Å². The fraction of sp³-hybridized carbons (Fsp3) is 0.417. The number of rotatable bonds is 5. The van der Waals surface area contributed by atoms with Crippen LogP contribution in [-0.2, 0) is 6.54 Å². The molecule has 0 aliphatic rings. The average molecular weight is 252 g/mol. The molecule has 4 heteroatoms. The predicted molar refractivity (Wildman–Crippen MR) is 72.0 cm³/mol. The maximum atomic E-state index is 4.62. The van der Waals surface area contributed by atoms with Crippen LogP contribution in [0.3, 0.4) is 0 Å². The highest BCUT2D eigenvalue weighted by molar-refractivity contribution is 7.20. The van der Waals surface area contributed by atoms with Crippen LogP contribution in [0.5, 0.6) is 0 Å². The molecule has 86 valence electrons. The summed E-state index contributed by atoms with van der Waals surface area (Å²) >= 11 is 3.47. The fourth-order valence-electron chi connectivity index (χ4n) is 1.39. The summed E-state index contributed by atoms with van der Waals surface area (Å²) in [5.74, 6) is 0.690. The predicted octanol–water partition coefficient (Wildman–Crippen LogP) is 3.62. The maximum absolute atomic E-state index is 4.62. The van der Waals surface area contributed by atoms with Gasteiger partial charge in [-0.3, -0.25) is 0 Å². The van der Waals surface area contributed by atoms with E-state index in [0.29, 0.717) is 5.92 Å². The summed E-state index contributed by atoms with van der Waals surface area (Å²) in [5, 5.41) is 8.77. The molecule has 1 N–H and O–H groups in total. The van der Waals surface area contributed by atoms with E-state index in [1.54, 1.807) is 22.7 Å². The second kappa shape index (κ2) is 5.57. The standard InChI is InChI=1S/C12H16N2S2/c1-9(2)6-13-7-10-8-16-12(14-10)11-4-3-5-15-11/h3-5,8-9,13H,6-7H2,1-2H3. The van der Waals surface area contributed by atoms with Crippen LogP contribution in [0.4, 0.5) is 0 Å². The number of hydrogen-bond donors (Lipinski definition) is 1. The van der Waals surface area contributed by atoms with Crippen molar-refractivity contribution in [2.24, 2.45) is 5.92 Å². The van der Waals surface area contributed by atoms with Gasteiger partial charge >= 0.3 is 0 Å². The molecule has 0 aromatic carbocycles. The quantitative estimate of drug-likeness (QED) is 0.879. The van der Waals surface area contributed by atoms with Gasteiger partial charge in [-0.05, 0) is 23.9 Å². The SMILES string of the molecule is CC(C)CNCc1csc(-c2cccs2)n1. The third kappa shape index (κ3) is 3.14. The van der Waals surface area contributed by atoms with Crippen LogP contribution in [0.25, 0.3) is 9.88 Å². The normalized spacial score (nSPS) is 11.2. The van der Waals surface area contributed by atoms with Crippen LogP contribution >= 0.6 is 22.7 Å². The van der Waals surface area contributed by atoms with E-state index in [9.17, 15) is 0 Å². The Bertz CT molecular complexity index is 418. The van der Waals surface area contributed by atoms with Crippen molar-refractivity contribution in [2.75, 3.05) is 6.54 Å². The van der Waals surface area contributed by atoms with Crippen LogP contribution in [0, 0.1) is 5.92 Å². The summed E-state index contributed by atoms with van der Waals surface area (Å²) in [5.41, 5.74) is 1.15. The minimum Gasteiger partial charge on any atom is -0.311 e. The molecule has 0 spiro atoms. The highest BCUT2D eigenvalue weighted by Gasteiger charge is 2.05. The summed E-state index contributed by atoms with van der Waals surface area (Å²) in [7, 11) is 0. The molecule has 2 heterocycles. The van der Waals surface area contributed by atoms with Crippen LogP contribution in [0.1, 0.15) is 19.5 Å². The number of aromatic nitrogens is 1. The molecule has 16 heavy (non-hydrogen) atoms. The largest absolute Gasteiger partial charge is 0.311 e. The number of hydrogen-bond acceptors (Lipinski definition) is 4. The molecule has 0 aliphatic carbocycles. The lowest BCUT2D eigenvalue weighted by atomic mass is 10.2. The highest BCUT2D eigenvalue weighted by atomic mass is 32.1. The lowest BCUT2D eigenvalue weighted by Gasteiger charge is -2.04. The van der Waals surface area contributed by atoms with Gasteiger partial charge in [-0.25, -0.2) is 4.98 Å². The van der Waals surface area contributed by atoms with Gasteiger partial charge in [0.15, 0.2) is 0 Å². The third-order valence-electron chi connectivity index (χ3n) is 2.14. The number of nitrogens with zero attached hydrogens (tertiary/aromatic N) is 1. The summed E-state index contributed by atoms with van der Waals surface area (Å²) in [6, 6.07) is 4.19. The van der Waals surface area contributed by atoms with Crippen molar-refractivity contribution in [1.82, 2.24) is 10.3 Å². The van der Waals surface area contributed by atoms with Crippen LogP contribution in [0.2, 0.25) is 0 Å². The minimum atomic E-state index is 0.690. The zero-order valence-corrected chi connectivity index (χ0v) is 11.2. The Kier molecular flexibility index (Phi) is 4.09. The van der Waals surface area contributed by atoms with E-state index in [0.717, 1.165) is 23.8 Å². The third-order valence-corrected chi connectivity index (χ3v) is 4.07. The molecule has 2 aromatic heterocycles. The van der Waals surface area contributed by atoms with Crippen molar-refractivity contribution < 1.29 is 0 Å². The molecular weight excluding hydrogens is 236 g/mol. The van der Waals surface area contributed by atoms with Gasteiger partial charge in [0.1, 0.15) is 5.01 Å². The molecule has 0 saturated carbocycles. The summed E-state index contributed by atoms with van der Waals surface area (Å²) in [6.07, 6.45) is 0. The summed E-state index contributed by atoms with van der Waals surface area (Å²) in [6.45, 7) is 6.35. The molecule has 0 saturated heterocycles. The molecule has 2 aromatic rings. The van der Waals surface area contributed by atoms with Gasteiger partial charge < -0.3 is 5.32 Å². The zero-order valence-electron chi connectivity index (χ0n) is 9.56. The van der Waals surface area contributed by atoms with E-state index in [1.807, 2.05) is 0 Å². The molecule has 2 nitrogen and oxygen atoms in total. The molecule has 0 radical (unpaired) electrons. The van der Waals surface area contributed by atoms with Crippen LogP contribution in [-0.4, -0.2) is 11.5 Å². The van der Waals surface area contributed by atoms with E-state index in [2.05, 4.69) is 47.0 Å². The number of nitrogens with one attached hydrogen (secondary N) is 1.